The molecule has 0 fully saturated rings. The number of nitro benzene ring substituents is 1. The van der Waals surface area contributed by atoms with Crippen molar-refractivity contribution < 1.29 is 19.2 Å². The van der Waals surface area contributed by atoms with Gasteiger partial charge in [-0.15, -0.1) is 0 Å². The van der Waals surface area contributed by atoms with Crippen molar-refractivity contribution in [2.24, 2.45) is 0 Å². The van der Waals surface area contributed by atoms with E-state index in [1.165, 1.54) is 19.2 Å². The molecule has 0 unspecified atom stereocenters. The lowest BCUT2D eigenvalue weighted by Crippen LogP contribution is -2.02. The van der Waals surface area contributed by atoms with Crippen molar-refractivity contribution in [2.75, 3.05) is 19.0 Å². The van der Waals surface area contributed by atoms with Crippen molar-refractivity contribution in [1.29, 1.82) is 0 Å². The van der Waals surface area contributed by atoms with E-state index in [2.05, 4.69) is 15.9 Å². The number of rotatable bonds is 7. The molecule has 0 bridgehead atoms. The molecule has 0 radical (unpaired) electrons. The van der Waals surface area contributed by atoms with Gasteiger partial charge >= 0.3 is 0 Å². The Kier molecular flexibility index (Phi) is 5.57. The molecule has 0 heterocycles. The summed E-state index contributed by atoms with van der Waals surface area (Å²) in [5, 5.41) is 11.5. The van der Waals surface area contributed by atoms with Crippen molar-refractivity contribution in [3.05, 3.63) is 27.8 Å². The number of hydrogen-bond acceptors (Lipinski definition) is 5. The second-order valence-corrected chi connectivity index (χ2v) is 4.12. The quantitative estimate of drug-likeness (QED) is 0.254. The van der Waals surface area contributed by atoms with Gasteiger partial charge in [0.15, 0.2) is 17.8 Å². The van der Waals surface area contributed by atoms with Crippen molar-refractivity contribution in [3.63, 3.8) is 0 Å². The van der Waals surface area contributed by atoms with E-state index in [0.717, 1.165) is 11.8 Å². The number of ether oxygens (including phenoxy) is 2. The molecule has 1 rings (SSSR count). The third-order valence-corrected chi connectivity index (χ3v) is 2.73. The summed E-state index contributed by atoms with van der Waals surface area (Å²) >= 11 is 3.26. The average molecular weight is 318 g/mol. The SMILES string of the molecule is COc1cc([N+](=O)[O-])c(C=O)cc1OCCCBr. The smallest absolute Gasteiger partial charge is 0.283 e. The topological polar surface area (TPSA) is 78.7 Å². The normalized spacial score (nSPS) is 9.89. The van der Waals surface area contributed by atoms with Crippen LogP contribution in [0.1, 0.15) is 16.8 Å². The number of halogens is 1. The standard InChI is InChI=1S/C11H12BrNO5/c1-17-10-6-9(13(15)16)8(7-14)5-11(10)18-4-2-3-12/h5-7H,2-4H2,1H3. The van der Waals surface area contributed by atoms with Crippen LogP contribution in [-0.2, 0) is 0 Å². The molecule has 18 heavy (non-hydrogen) atoms. The van der Waals surface area contributed by atoms with Gasteiger partial charge in [-0.05, 0) is 6.42 Å². The Labute approximate surface area is 112 Å². The number of aldehydes is 1. The first kappa shape index (κ1) is 14.4. The van der Waals surface area contributed by atoms with Gasteiger partial charge in [-0.1, -0.05) is 15.9 Å². The van der Waals surface area contributed by atoms with E-state index in [1.54, 1.807) is 0 Å². The fourth-order valence-electron chi connectivity index (χ4n) is 1.33. The number of carbonyl (C=O) groups is 1. The Morgan fingerprint density at radius 3 is 2.67 bits per heavy atom. The maximum Gasteiger partial charge on any atom is 0.283 e. The van der Waals surface area contributed by atoms with Gasteiger partial charge in [0, 0.05) is 11.4 Å². The van der Waals surface area contributed by atoms with E-state index in [-0.39, 0.29) is 17.0 Å². The maximum absolute atomic E-state index is 10.8. The highest BCUT2D eigenvalue weighted by Gasteiger charge is 2.19. The third-order valence-electron chi connectivity index (χ3n) is 2.17. The molecule has 0 aromatic heterocycles. The van der Waals surface area contributed by atoms with Gasteiger partial charge in [0.05, 0.1) is 30.3 Å². The molecule has 6 nitrogen and oxygen atoms in total. The summed E-state index contributed by atoms with van der Waals surface area (Å²) < 4.78 is 10.4. The zero-order valence-electron chi connectivity index (χ0n) is 9.72. The van der Waals surface area contributed by atoms with Crippen LogP contribution in [-0.4, -0.2) is 30.3 Å². The van der Waals surface area contributed by atoms with Crippen LogP contribution in [0.5, 0.6) is 11.5 Å². The van der Waals surface area contributed by atoms with Crippen LogP contribution in [0.25, 0.3) is 0 Å². The second kappa shape index (κ2) is 6.95. The van der Waals surface area contributed by atoms with Gasteiger partial charge in [0.1, 0.15) is 0 Å². The summed E-state index contributed by atoms with van der Waals surface area (Å²) in [6, 6.07) is 2.51. The Bertz CT molecular complexity index is 449. The van der Waals surface area contributed by atoms with Crippen LogP contribution in [0.4, 0.5) is 5.69 Å². The minimum Gasteiger partial charge on any atom is -0.493 e. The second-order valence-electron chi connectivity index (χ2n) is 3.33. The number of hydrogen-bond donors (Lipinski definition) is 0. The molecule has 0 spiro atoms. The number of alkyl halides is 1. The summed E-state index contributed by atoms with van der Waals surface area (Å²) in [5.41, 5.74) is -0.329. The van der Waals surface area contributed by atoms with E-state index in [9.17, 15) is 14.9 Å². The van der Waals surface area contributed by atoms with Crippen molar-refractivity contribution in [1.82, 2.24) is 0 Å². The number of benzene rings is 1. The first-order valence-corrected chi connectivity index (χ1v) is 6.26. The predicted molar refractivity (Wildman–Crippen MR) is 68.9 cm³/mol. The van der Waals surface area contributed by atoms with Crippen molar-refractivity contribution in [2.45, 2.75) is 6.42 Å². The summed E-state index contributed by atoms with van der Waals surface area (Å²) in [5.74, 6) is 0.563. The van der Waals surface area contributed by atoms with Crippen LogP contribution in [0.15, 0.2) is 12.1 Å². The Balaban J connectivity index is 3.09. The predicted octanol–water partition coefficient (Wildman–Crippen LogP) is 2.58. The first-order valence-electron chi connectivity index (χ1n) is 5.14. The molecule has 0 N–H and O–H groups in total. The van der Waals surface area contributed by atoms with E-state index in [4.69, 9.17) is 9.47 Å². The molecule has 0 aliphatic heterocycles. The molecule has 0 saturated heterocycles. The average Bonchev–Trinajstić information content (AvgIpc) is 2.38. The van der Waals surface area contributed by atoms with Gasteiger partial charge in [0.25, 0.3) is 5.69 Å². The highest BCUT2D eigenvalue weighted by Crippen LogP contribution is 2.34. The van der Waals surface area contributed by atoms with Gasteiger partial charge < -0.3 is 9.47 Å². The van der Waals surface area contributed by atoms with Gasteiger partial charge in [-0.2, -0.15) is 0 Å². The molecule has 0 aliphatic carbocycles. The number of methoxy groups -OCH3 is 1. The Morgan fingerprint density at radius 2 is 2.17 bits per heavy atom. The Morgan fingerprint density at radius 1 is 1.44 bits per heavy atom. The molecule has 1 aromatic rings. The fraction of sp³-hybridized carbons (Fsp3) is 0.364. The van der Waals surface area contributed by atoms with Gasteiger partial charge in [0.2, 0.25) is 0 Å². The van der Waals surface area contributed by atoms with E-state index in [0.29, 0.717) is 18.6 Å². The number of carbonyl (C=O) groups excluding carboxylic acids is 1. The molecule has 0 aliphatic rings. The number of nitrogens with zero attached hydrogens (tertiary/aromatic N) is 1. The first-order chi connectivity index (χ1) is 8.63. The highest BCUT2D eigenvalue weighted by molar-refractivity contribution is 9.09. The summed E-state index contributed by atoms with van der Waals surface area (Å²) in [4.78, 5) is 20.9. The molecule has 7 heteroatoms. The van der Waals surface area contributed by atoms with Gasteiger partial charge in [-0.3, -0.25) is 14.9 Å². The largest absolute Gasteiger partial charge is 0.493 e. The van der Waals surface area contributed by atoms with Crippen LogP contribution >= 0.6 is 15.9 Å². The van der Waals surface area contributed by atoms with Gasteiger partial charge in [-0.25, -0.2) is 0 Å². The molecule has 0 saturated carbocycles. The molecule has 0 amide bonds. The molecular formula is C11H12BrNO5. The van der Waals surface area contributed by atoms with Crippen LogP contribution in [0, 0.1) is 10.1 Å². The molecule has 1 aromatic carbocycles. The lowest BCUT2D eigenvalue weighted by Gasteiger charge is -2.10. The minimum absolute atomic E-state index is 0.0327. The minimum atomic E-state index is -0.630. The lowest BCUT2D eigenvalue weighted by molar-refractivity contribution is -0.385. The van der Waals surface area contributed by atoms with E-state index < -0.39 is 4.92 Å². The molecule has 98 valence electrons. The molecule has 0 atom stereocenters. The number of nitro groups is 1. The van der Waals surface area contributed by atoms with Crippen molar-refractivity contribution >= 4 is 27.9 Å². The summed E-state index contributed by atoms with van der Waals surface area (Å²) in [6.07, 6.45) is 1.20. The van der Waals surface area contributed by atoms with Crippen LogP contribution in [0.2, 0.25) is 0 Å². The molecular weight excluding hydrogens is 306 g/mol. The summed E-state index contributed by atoms with van der Waals surface area (Å²) in [6.45, 7) is 0.428. The highest BCUT2D eigenvalue weighted by atomic mass is 79.9. The van der Waals surface area contributed by atoms with Crippen molar-refractivity contribution in [3.8, 4) is 11.5 Å². The fourth-order valence-corrected chi connectivity index (χ4v) is 1.56. The van der Waals surface area contributed by atoms with E-state index >= 15 is 0 Å². The lowest BCUT2D eigenvalue weighted by atomic mass is 10.1. The maximum atomic E-state index is 10.8. The van der Waals surface area contributed by atoms with Crippen LogP contribution in [0.3, 0.4) is 0 Å². The third kappa shape index (κ3) is 3.43. The Hall–Kier alpha value is -1.63. The monoisotopic (exact) mass is 317 g/mol. The summed E-state index contributed by atoms with van der Waals surface area (Å²) in [7, 11) is 1.39. The zero-order chi connectivity index (χ0) is 13.5. The van der Waals surface area contributed by atoms with Crippen LogP contribution < -0.4 is 9.47 Å². The zero-order valence-corrected chi connectivity index (χ0v) is 11.3. The van der Waals surface area contributed by atoms with E-state index in [1.807, 2.05) is 0 Å².